The molecule has 0 saturated carbocycles. The van der Waals surface area contributed by atoms with Gasteiger partial charge < -0.3 is 9.88 Å². The van der Waals surface area contributed by atoms with E-state index in [0.717, 1.165) is 24.3 Å². The Kier molecular flexibility index (Phi) is 5.41. The van der Waals surface area contributed by atoms with E-state index in [1.165, 1.54) is 11.1 Å². The largest absolute Gasteiger partial charge is 0.358 e. The van der Waals surface area contributed by atoms with E-state index in [0.29, 0.717) is 18.0 Å². The van der Waals surface area contributed by atoms with Gasteiger partial charge in [-0.25, -0.2) is 0 Å². The minimum atomic E-state index is -0.103. The second kappa shape index (κ2) is 8.12. The van der Waals surface area contributed by atoms with Crippen LogP contribution in [0.25, 0.3) is 0 Å². The van der Waals surface area contributed by atoms with Crippen LogP contribution in [0.1, 0.15) is 29.7 Å². The second-order valence-corrected chi connectivity index (χ2v) is 7.53. The van der Waals surface area contributed by atoms with E-state index in [9.17, 15) is 4.79 Å². The molecule has 0 bridgehead atoms. The molecule has 6 heteroatoms. The Bertz CT molecular complexity index is 1060. The summed E-state index contributed by atoms with van der Waals surface area (Å²) in [7, 11) is 0. The van der Waals surface area contributed by atoms with Crippen molar-refractivity contribution >= 4 is 18.0 Å². The van der Waals surface area contributed by atoms with Gasteiger partial charge in [-0.3, -0.25) is 14.7 Å². The monoisotopic (exact) mass is 392 g/mol. The fraction of sp³-hybridized carbons (Fsp3) is 0.273. The molecule has 0 fully saturated rings. The zero-order valence-electron chi connectivity index (χ0n) is 15.9. The van der Waals surface area contributed by atoms with Gasteiger partial charge in [0.15, 0.2) is 4.77 Å². The molecule has 4 rings (SSSR count). The molecular formula is C22H24N4OS. The van der Waals surface area contributed by atoms with Crippen molar-refractivity contribution in [2.75, 3.05) is 12.0 Å². The summed E-state index contributed by atoms with van der Waals surface area (Å²) in [6.07, 6.45) is 0.861. The highest BCUT2D eigenvalue weighted by atomic mass is 32.1. The molecule has 1 aromatic heterocycles. The molecule has 5 nitrogen and oxygen atoms in total. The molecule has 144 valence electrons. The Morgan fingerprint density at radius 2 is 1.75 bits per heavy atom. The smallest absolute Gasteiger partial charge is 0.258 e. The van der Waals surface area contributed by atoms with Gasteiger partial charge in [-0.15, -0.1) is 0 Å². The molecule has 0 unspecified atom stereocenters. The molecule has 1 aliphatic rings. The minimum absolute atomic E-state index is 0.103. The zero-order chi connectivity index (χ0) is 19.5. The second-order valence-electron chi connectivity index (χ2n) is 7.14. The average Bonchev–Trinajstić information content (AvgIpc) is 2.74. The lowest BCUT2D eigenvalue weighted by Crippen LogP contribution is -2.40. The van der Waals surface area contributed by atoms with Gasteiger partial charge in [0.05, 0.1) is 12.2 Å². The Balaban J connectivity index is 1.60. The first-order valence-electron chi connectivity index (χ1n) is 9.56. The summed E-state index contributed by atoms with van der Waals surface area (Å²) in [5.41, 5.74) is 3.13. The van der Waals surface area contributed by atoms with Gasteiger partial charge in [-0.2, -0.15) is 0 Å². The van der Waals surface area contributed by atoms with Crippen molar-refractivity contribution < 1.29 is 0 Å². The first kappa shape index (κ1) is 18.7. The van der Waals surface area contributed by atoms with E-state index in [1.807, 2.05) is 41.0 Å². The lowest BCUT2D eigenvalue weighted by atomic mass is 10.1. The molecule has 0 aliphatic carbocycles. The maximum Gasteiger partial charge on any atom is 0.258 e. The number of hydrogen-bond donors (Lipinski definition) is 2. The molecule has 2 N–H and O–H groups in total. The van der Waals surface area contributed by atoms with Gasteiger partial charge >= 0.3 is 0 Å². The zero-order valence-corrected chi connectivity index (χ0v) is 16.7. The number of rotatable bonds is 5. The van der Waals surface area contributed by atoms with E-state index in [1.54, 1.807) is 0 Å². The first-order chi connectivity index (χ1) is 13.6. The number of aromatic amines is 1. The van der Waals surface area contributed by atoms with E-state index < -0.39 is 0 Å². The predicted octanol–water partition coefficient (Wildman–Crippen LogP) is 4.09. The average molecular weight is 393 g/mol. The van der Waals surface area contributed by atoms with Crippen LogP contribution < -0.4 is 10.9 Å². The molecule has 1 aliphatic heterocycles. The van der Waals surface area contributed by atoms with Crippen LogP contribution >= 0.6 is 12.2 Å². The third kappa shape index (κ3) is 3.79. The Morgan fingerprint density at radius 3 is 2.46 bits per heavy atom. The lowest BCUT2D eigenvalue weighted by Gasteiger charge is -2.35. The Labute approximate surface area is 169 Å². The molecule has 0 radical (unpaired) electrons. The maximum absolute atomic E-state index is 12.6. The SMILES string of the molecule is C[C@@H](c1ccccc1)N1CNc2c(c(=O)[nH]c(=S)n2CCc2ccccc2)C1. The number of nitrogens with one attached hydrogen (secondary N) is 2. The fourth-order valence-corrected chi connectivity index (χ4v) is 3.99. The number of benzene rings is 2. The fourth-order valence-electron chi connectivity index (χ4n) is 3.71. The third-order valence-electron chi connectivity index (χ3n) is 5.40. The van der Waals surface area contributed by atoms with Crippen LogP contribution in [0, 0.1) is 4.77 Å². The number of hydrogen-bond acceptors (Lipinski definition) is 4. The van der Waals surface area contributed by atoms with Crippen molar-refractivity contribution in [2.24, 2.45) is 0 Å². The van der Waals surface area contributed by atoms with E-state index in [4.69, 9.17) is 12.2 Å². The minimum Gasteiger partial charge on any atom is -0.358 e. The molecule has 28 heavy (non-hydrogen) atoms. The van der Waals surface area contributed by atoms with Crippen molar-refractivity contribution in [3.05, 3.63) is 92.5 Å². The molecule has 1 atom stereocenters. The topological polar surface area (TPSA) is 53.1 Å². The number of anilines is 1. The quantitative estimate of drug-likeness (QED) is 0.642. The highest BCUT2D eigenvalue weighted by Crippen LogP contribution is 2.27. The normalized spacial score (nSPS) is 14.9. The molecule has 0 saturated heterocycles. The van der Waals surface area contributed by atoms with Crippen LogP contribution in [0.15, 0.2) is 65.5 Å². The van der Waals surface area contributed by atoms with Crippen LogP contribution in [0.3, 0.4) is 0 Å². The molecule has 0 spiro atoms. The summed E-state index contributed by atoms with van der Waals surface area (Å²) in [5, 5.41) is 3.45. The van der Waals surface area contributed by atoms with Crippen LogP contribution in [0.4, 0.5) is 5.82 Å². The maximum atomic E-state index is 12.6. The number of H-pyrrole nitrogens is 1. The van der Waals surface area contributed by atoms with Crippen molar-refractivity contribution in [2.45, 2.75) is 32.5 Å². The van der Waals surface area contributed by atoms with Gasteiger partial charge in [0.1, 0.15) is 5.82 Å². The van der Waals surface area contributed by atoms with E-state index in [2.05, 4.69) is 46.4 Å². The van der Waals surface area contributed by atoms with Gasteiger partial charge in [-0.1, -0.05) is 60.7 Å². The standard InChI is InChI=1S/C22H24N4OS/c1-16(18-10-6-3-7-11-18)25-14-19-20(23-15-25)26(22(28)24-21(19)27)13-12-17-8-4-2-5-9-17/h2-11,16,23H,12-15H2,1H3,(H,24,27,28)/t16-/m0/s1. The molecule has 3 aromatic rings. The highest BCUT2D eigenvalue weighted by molar-refractivity contribution is 7.71. The summed E-state index contributed by atoms with van der Waals surface area (Å²) in [4.78, 5) is 17.7. The van der Waals surface area contributed by atoms with Gasteiger partial charge in [0.2, 0.25) is 0 Å². The summed E-state index contributed by atoms with van der Waals surface area (Å²) in [6.45, 7) is 4.16. The van der Waals surface area contributed by atoms with E-state index >= 15 is 0 Å². The van der Waals surface area contributed by atoms with Gasteiger partial charge in [0, 0.05) is 19.1 Å². The third-order valence-corrected chi connectivity index (χ3v) is 5.73. The number of nitrogens with zero attached hydrogens (tertiary/aromatic N) is 2. The molecule has 2 aromatic carbocycles. The summed E-state index contributed by atoms with van der Waals surface area (Å²) >= 11 is 5.45. The van der Waals surface area contributed by atoms with Crippen molar-refractivity contribution in [3.63, 3.8) is 0 Å². The van der Waals surface area contributed by atoms with Crippen LogP contribution in [-0.4, -0.2) is 21.1 Å². The lowest BCUT2D eigenvalue weighted by molar-refractivity contribution is 0.206. The number of aryl methyl sites for hydroxylation is 1. The predicted molar refractivity (Wildman–Crippen MR) is 115 cm³/mol. The Hall–Kier alpha value is -2.70. The van der Waals surface area contributed by atoms with Crippen LogP contribution in [0.5, 0.6) is 0 Å². The van der Waals surface area contributed by atoms with Gasteiger partial charge in [-0.05, 0) is 36.7 Å². The molecular weight excluding hydrogens is 368 g/mol. The highest BCUT2D eigenvalue weighted by Gasteiger charge is 2.25. The summed E-state index contributed by atoms with van der Waals surface area (Å²) in [5.74, 6) is 0.848. The van der Waals surface area contributed by atoms with E-state index in [-0.39, 0.29) is 11.6 Å². The molecule has 2 heterocycles. The van der Waals surface area contributed by atoms with Crippen molar-refractivity contribution in [1.29, 1.82) is 0 Å². The number of aromatic nitrogens is 2. The van der Waals surface area contributed by atoms with Crippen molar-refractivity contribution in [1.82, 2.24) is 14.5 Å². The number of fused-ring (bicyclic) bond motifs is 1. The summed E-state index contributed by atoms with van der Waals surface area (Å²) in [6, 6.07) is 20.9. The van der Waals surface area contributed by atoms with Crippen molar-refractivity contribution in [3.8, 4) is 0 Å². The van der Waals surface area contributed by atoms with Crippen LogP contribution in [0.2, 0.25) is 0 Å². The Morgan fingerprint density at radius 1 is 1.07 bits per heavy atom. The first-order valence-corrected chi connectivity index (χ1v) is 9.97. The molecule has 0 amide bonds. The summed E-state index contributed by atoms with van der Waals surface area (Å²) < 4.78 is 2.49. The van der Waals surface area contributed by atoms with Gasteiger partial charge in [0.25, 0.3) is 5.56 Å². The van der Waals surface area contributed by atoms with Crippen LogP contribution in [-0.2, 0) is 19.5 Å².